The van der Waals surface area contributed by atoms with Gasteiger partial charge in [0.2, 0.25) is 0 Å². The third-order valence-corrected chi connectivity index (χ3v) is 5.07. The molecule has 2 rings (SSSR count). The second-order valence-electron chi connectivity index (χ2n) is 6.59. The van der Waals surface area contributed by atoms with Gasteiger partial charge in [0.05, 0.1) is 0 Å². The molecule has 0 aromatic heterocycles. The van der Waals surface area contributed by atoms with E-state index >= 15 is 0 Å². The lowest BCUT2D eigenvalue weighted by Gasteiger charge is -2.38. The van der Waals surface area contributed by atoms with Crippen molar-refractivity contribution in [2.45, 2.75) is 70.4 Å². The maximum absolute atomic E-state index is 3.68. The molecule has 2 nitrogen and oxygen atoms in total. The predicted octanol–water partition coefficient (Wildman–Crippen LogP) is 3.03. The molecule has 0 spiro atoms. The van der Waals surface area contributed by atoms with Crippen LogP contribution in [0, 0.1) is 5.92 Å². The topological polar surface area (TPSA) is 15.3 Å². The fourth-order valence-corrected chi connectivity index (χ4v) is 3.77. The minimum Gasteiger partial charge on any atom is -0.310 e. The van der Waals surface area contributed by atoms with Gasteiger partial charge in [-0.05, 0) is 65.0 Å². The molecule has 2 aliphatic rings. The summed E-state index contributed by atoms with van der Waals surface area (Å²) in [5.41, 5.74) is 0.385. The molecule has 1 aliphatic heterocycles. The summed E-state index contributed by atoms with van der Waals surface area (Å²) in [6.07, 6.45) is 9.84. The van der Waals surface area contributed by atoms with Gasteiger partial charge in [0.15, 0.2) is 0 Å². The summed E-state index contributed by atoms with van der Waals surface area (Å²) in [5.74, 6) is 1.01. The zero-order valence-corrected chi connectivity index (χ0v) is 12.0. The van der Waals surface area contributed by atoms with E-state index in [9.17, 15) is 0 Å². The average Bonchev–Trinajstić information content (AvgIpc) is 2.76. The van der Waals surface area contributed by atoms with Crippen molar-refractivity contribution in [1.82, 2.24) is 10.2 Å². The quantitative estimate of drug-likeness (QED) is 0.810. The smallest absolute Gasteiger partial charge is 0.0280 e. The van der Waals surface area contributed by atoms with Gasteiger partial charge in [-0.3, -0.25) is 0 Å². The summed E-state index contributed by atoms with van der Waals surface area (Å²) < 4.78 is 0. The van der Waals surface area contributed by atoms with Crippen LogP contribution in [0.1, 0.15) is 58.8 Å². The van der Waals surface area contributed by atoms with E-state index in [2.05, 4.69) is 31.1 Å². The van der Waals surface area contributed by atoms with Crippen molar-refractivity contribution >= 4 is 0 Å². The summed E-state index contributed by atoms with van der Waals surface area (Å²) in [7, 11) is 2.34. The van der Waals surface area contributed by atoms with E-state index in [0.29, 0.717) is 5.54 Å². The highest BCUT2D eigenvalue weighted by Gasteiger charge is 2.32. The van der Waals surface area contributed by atoms with Crippen LogP contribution in [0.15, 0.2) is 0 Å². The van der Waals surface area contributed by atoms with Crippen LogP contribution in [0.2, 0.25) is 0 Å². The van der Waals surface area contributed by atoms with Gasteiger partial charge in [0.25, 0.3) is 0 Å². The fraction of sp³-hybridized carbons (Fsp3) is 1.00. The first-order valence-electron chi connectivity index (χ1n) is 7.58. The average molecular weight is 238 g/mol. The van der Waals surface area contributed by atoms with Crippen molar-refractivity contribution in [2.75, 3.05) is 20.1 Å². The minimum atomic E-state index is 0.385. The Hall–Kier alpha value is -0.0800. The van der Waals surface area contributed by atoms with Crippen LogP contribution in [-0.4, -0.2) is 36.6 Å². The minimum absolute atomic E-state index is 0.385. The van der Waals surface area contributed by atoms with Gasteiger partial charge in [-0.25, -0.2) is 0 Å². The monoisotopic (exact) mass is 238 g/mol. The Morgan fingerprint density at radius 3 is 2.47 bits per heavy atom. The number of nitrogens with one attached hydrogen (secondary N) is 1. The molecule has 0 aromatic carbocycles. The number of nitrogens with zero attached hydrogens (tertiary/aromatic N) is 1. The molecule has 1 N–H and O–H groups in total. The van der Waals surface area contributed by atoms with E-state index in [-0.39, 0.29) is 0 Å². The molecule has 0 bridgehead atoms. The van der Waals surface area contributed by atoms with E-state index in [1.807, 2.05) is 0 Å². The molecular formula is C15H30N2. The maximum atomic E-state index is 3.68. The van der Waals surface area contributed by atoms with E-state index in [4.69, 9.17) is 0 Å². The van der Waals surface area contributed by atoms with E-state index in [1.165, 1.54) is 58.0 Å². The molecule has 100 valence electrons. The molecule has 1 saturated carbocycles. The van der Waals surface area contributed by atoms with Crippen LogP contribution < -0.4 is 5.32 Å². The maximum Gasteiger partial charge on any atom is 0.0280 e. The standard InChI is InChI=1S/C15H30N2/c1-4-13-6-8-14(9-7-13)17(3)12-15(2)10-5-11-16-15/h13-14,16H,4-12H2,1-3H3. The molecule has 0 radical (unpaired) electrons. The van der Waals surface area contributed by atoms with Gasteiger partial charge in [0.1, 0.15) is 0 Å². The zero-order chi connectivity index (χ0) is 12.3. The molecule has 1 heterocycles. The van der Waals surface area contributed by atoms with Crippen molar-refractivity contribution in [1.29, 1.82) is 0 Å². The summed E-state index contributed by atoms with van der Waals surface area (Å²) in [6, 6.07) is 0.844. The van der Waals surface area contributed by atoms with Gasteiger partial charge in [-0.15, -0.1) is 0 Å². The summed E-state index contributed by atoms with van der Waals surface area (Å²) >= 11 is 0. The molecular weight excluding hydrogens is 208 g/mol. The summed E-state index contributed by atoms with van der Waals surface area (Å²) in [4.78, 5) is 2.63. The van der Waals surface area contributed by atoms with Crippen molar-refractivity contribution < 1.29 is 0 Å². The molecule has 2 heteroatoms. The van der Waals surface area contributed by atoms with Crippen LogP contribution >= 0.6 is 0 Å². The Labute approximate surface area is 107 Å². The Balaban J connectivity index is 1.78. The van der Waals surface area contributed by atoms with Crippen LogP contribution in [0.3, 0.4) is 0 Å². The Bertz CT molecular complexity index is 225. The van der Waals surface area contributed by atoms with E-state index in [0.717, 1.165) is 12.0 Å². The number of likely N-dealkylation sites (N-methyl/N-ethyl adjacent to an activating group) is 1. The lowest BCUT2D eigenvalue weighted by atomic mass is 9.83. The first kappa shape index (κ1) is 13.4. The first-order chi connectivity index (χ1) is 8.13. The number of rotatable bonds is 4. The van der Waals surface area contributed by atoms with Crippen molar-refractivity contribution in [2.24, 2.45) is 5.92 Å². The third-order valence-electron chi connectivity index (χ3n) is 5.07. The first-order valence-corrected chi connectivity index (χ1v) is 7.58. The van der Waals surface area contributed by atoms with Gasteiger partial charge in [0, 0.05) is 18.1 Å². The Morgan fingerprint density at radius 2 is 1.94 bits per heavy atom. The molecule has 2 fully saturated rings. The highest BCUT2D eigenvalue weighted by atomic mass is 15.2. The Kier molecular flexibility index (Phi) is 4.48. The Morgan fingerprint density at radius 1 is 1.24 bits per heavy atom. The highest BCUT2D eigenvalue weighted by molar-refractivity contribution is 4.92. The largest absolute Gasteiger partial charge is 0.310 e. The number of hydrogen-bond donors (Lipinski definition) is 1. The molecule has 0 amide bonds. The predicted molar refractivity (Wildman–Crippen MR) is 74.3 cm³/mol. The molecule has 0 aromatic rings. The molecule has 17 heavy (non-hydrogen) atoms. The second kappa shape index (κ2) is 5.71. The van der Waals surface area contributed by atoms with Crippen molar-refractivity contribution in [3.8, 4) is 0 Å². The molecule has 1 atom stereocenters. The van der Waals surface area contributed by atoms with Crippen LogP contribution in [0.4, 0.5) is 0 Å². The van der Waals surface area contributed by atoms with Crippen molar-refractivity contribution in [3.05, 3.63) is 0 Å². The highest BCUT2D eigenvalue weighted by Crippen LogP contribution is 2.30. The summed E-state index contributed by atoms with van der Waals surface area (Å²) in [5, 5.41) is 3.68. The second-order valence-corrected chi connectivity index (χ2v) is 6.59. The van der Waals surface area contributed by atoms with Gasteiger partial charge >= 0.3 is 0 Å². The summed E-state index contributed by atoms with van der Waals surface area (Å²) in [6.45, 7) is 7.19. The third kappa shape index (κ3) is 3.45. The van der Waals surface area contributed by atoms with Crippen LogP contribution in [0.25, 0.3) is 0 Å². The lowest BCUT2D eigenvalue weighted by Crippen LogP contribution is -2.49. The number of hydrogen-bond acceptors (Lipinski definition) is 2. The lowest BCUT2D eigenvalue weighted by molar-refractivity contribution is 0.132. The van der Waals surface area contributed by atoms with Gasteiger partial charge in [-0.2, -0.15) is 0 Å². The van der Waals surface area contributed by atoms with E-state index in [1.54, 1.807) is 0 Å². The SMILES string of the molecule is CCC1CCC(N(C)CC2(C)CCCN2)CC1. The fourth-order valence-electron chi connectivity index (χ4n) is 3.77. The van der Waals surface area contributed by atoms with Gasteiger partial charge < -0.3 is 10.2 Å². The molecule has 1 saturated heterocycles. The van der Waals surface area contributed by atoms with E-state index < -0.39 is 0 Å². The molecule has 1 aliphatic carbocycles. The van der Waals surface area contributed by atoms with Crippen molar-refractivity contribution in [3.63, 3.8) is 0 Å². The normalized spacial score (nSPS) is 38.8. The van der Waals surface area contributed by atoms with Crippen LogP contribution in [0.5, 0.6) is 0 Å². The van der Waals surface area contributed by atoms with Crippen LogP contribution in [-0.2, 0) is 0 Å². The molecule has 1 unspecified atom stereocenters. The zero-order valence-electron chi connectivity index (χ0n) is 12.0. The van der Waals surface area contributed by atoms with Gasteiger partial charge in [-0.1, -0.05) is 13.3 Å².